The largest absolute Gasteiger partial charge is 0.344 e. The van der Waals surface area contributed by atoms with Crippen molar-refractivity contribution in [3.05, 3.63) is 32.1 Å². The van der Waals surface area contributed by atoms with Gasteiger partial charge in [-0.1, -0.05) is 13.8 Å². The number of aromatic nitrogens is 3. The van der Waals surface area contributed by atoms with Crippen LogP contribution in [0.1, 0.15) is 25.1 Å². The number of hydrogen-bond donors (Lipinski definition) is 3. The van der Waals surface area contributed by atoms with Crippen LogP contribution in [0.25, 0.3) is 11.0 Å². The summed E-state index contributed by atoms with van der Waals surface area (Å²) < 4.78 is 0. The smallest absolute Gasteiger partial charge is 0.327 e. The molecule has 0 aromatic carbocycles. The topological polar surface area (TPSA) is 81.5 Å². The average Bonchev–Trinajstić information content (AvgIpc) is 2.41. The van der Waals surface area contributed by atoms with Crippen LogP contribution in [0.5, 0.6) is 0 Å². The molecule has 0 saturated heterocycles. The third kappa shape index (κ3) is 1.68. The second kappa shape index (κ2) is 3.66. The zero-order valence-corrected chi connectivity index (χ0v) is 9.60. The molecule has 0 unspecified atom stereocenters. The minimum atomic E-state index is -0.477. The third-order valence-electron chi connectivity index (χ3n) is 2.66. The molecule has 2 heterocycles. The fraction of sp³-hybridized carbons (Fsp3) is 0.455. The summed E-state index contributed by atoms with van der Waals surface area (Å²) in [6.45, 7) is 6.11. The van der Waals surface area contributed by atoms with E-state index in [1.54, 1.807) is 0 Å². The van der Waals surface area contributed by atoms with Crippen LogP contribution in [0, 0.1) is 12.8 Å². The van der Waals surface area contributed by atoms with Crippen molar-refractivity contribution in [3.8, 4) is 0 Å². The molecule has 0 bridgehead atoms. The fourth-order valence-corrected chi connectivity index (χ4v) is 1.95. The monoisotopic (exact) mass is 221 g/mol. The zero-order valence-electron chi connectivity index (χ0n) is 9.60. The molecule has 0 aliphatic rings. The molecule has 5 nitrogen and oxygen atoms in total. The van der Waals surface area contributed by atoms with Gasteiger partial charge in [-0.05, 0) is 24.8 Å². The van der Waals surface area contributed by atoms with E-state index < -0.39 is 5.69 Å². The molecule has 2 aromatic rings. The van der Waals surface area contributed by atoms with Gasteiger partial charge in [-0.3, -0.25) is 14.8 Å². The Morgan fingerprint density at radius 3 is 2.44 bits per heavy atom. The number of fused-ring (bicyclic) bond motifs is 1. The number of aryl methyl sites for hydroxylation is 1. The highest BCUT2D eigenvalue weighted by Gasteiger charge is 2.12. The lowest BCUT2D eigenvalue weighted by atomic mass is 10.1. The second-order valence-electron chi connectivity index (χ2n) is 4.48. The molecule has 0 aliphatic carbocycles. The molecule has 0 saturated carbocycles. The maximum absolute atomic E-state index is 11.6. The maximum atomic E-state index is 11.6. The molecule has 3 N–H and O–H groups in total. The van der Waals surface area contributed by atoms with Crippen molar-refractivity contribution in [2.24, 2.45) is 5.92 Å². The van der Waals surface area contributed by atoms with E-state index in [4.69, 9.17) is 0 Å². The first kappa shape index (κ1) is 10.7. The van der Waals surface area contributed by atoms with E-state index in [2.05, 4.69) is 28.8 Å². The Morgan fingerprint density at radius 1 is 1.12 bits per heavy atom. The summed E-state index contributed by atoms with van der Waals surface area (Å²) in [5.41, 5.74) is 1.64. The van der Waals surface area contributed by atoms with E-state index in [1.165, 1.54) is 0 Å². The van der Waals surface area contributed by atoms with Crippen molar-refractivity contribution in [2.45, 2.75) is 27.2 Å². The zero-order chi connectivity index (χ0) is 11.9. The number of hydrogen-bond acceptors (Lipinski definition) is 2. The van der Waals surface area contributed by atoms with Gasteiger partial charge in [0, 0.05) is 5.69 Å². The van der Waals surface area contributed by atoms with E-state index in [1.807, 2.05) is 6.92 Å². The minimum Gasteiger partial charge on any atom is -0.344 e. The summed E-state index contributed by atoms with van der Waals surface area (Å²) in [4.78, 5) is 30.7. The van der Waals surface area contributed by atoms with Gasteiger partial charge < -0.3 is 4.98 Å². The van der Waals surface area contributed by atoms with E-state index in [9.17, 15) is 9.59 Å². The molecule has 0 fully saturated rings. The van der Waals surface area contributed by atoms with Crippen LogP contribution in [-0.2, 0) is 6.42 Å². The second-order valence-corrected chi connectivity index (χ2v) is 4.48. The van der Waals surface area contributed by atoms with E-state index in [-0.39, 0.29) is 5.56 Å². The van der Waals surface area contributed by atoms with Crippen molar-refractivity contribution < 1.29 is 0 Å². The molecule has 16 heavy (non-hydrogen) atoms. The summed E-state index contributed by atoms with van der Waals surface area (Å²) in [6.07, 6.45) is 0.863. The van der Waals surface area contributed by atoms with Crippen LogP contribution < -0.4 is 11.2 Å². The Kier molecular flexibility index (Phi) is 2.46. The number of nitrogens with one attached hydrogen (secondary N) is 3. The van der Waals surface area contributed by atoms with Gasteiger partial charge in [0.2, 0.25) is 0 Å². The molecule has 0 aliphatic heterocycles. The summed E-state index contributed by atoms with van der Waals surface area (Å²) >= 11 is 0. The van der Waals surface area contributed by atoms with Crippen LogP contribution in [0.15, 0.2) is 9.59 Å². The van der Waals surface area contributed by atoms with Crippen molar-refractivity contribution in [1.82, 2.24) is 15.0 Å². The Bertz CT molecular complexity index is 631. The van der Waals surface area contributed by atoms with E-state index in [0.717, 1.165) is 17.7 Å². The molecular weight excluding hydrogens is 206 g/mol. The van der Waals surface area contributed by atoms with Crippen LogP contribution in [-0.4, -0.2) is 15.0 Å². The normalized spacial score (nSPS) is 11.5. The highest BCUT2D eigenvalue weighted by atomic mass is 16.2. The van der Waals surface area contributed by atoms with E-state index in [0.29, 0.717) is 17.0 Å². The van der Waals surface area contributed by atoms with Gasteiger partial charge in [0.05, 0.1) is 5.39 Å². The first-order chi connectivity index (χ1) is 7.49. The molecule has 5 heteroatoms. The molecule has 0 atom stereocenters. The standard InChI is InChI=1S/C11H15N3O2/c1-5(2)4-7-6(3)8-9(12-7)13-11(16)14-10(8)15/h5H,4H2,1-3H3,(H3,12,13,14,15,16). The van der Waals surface area contributed by atoms with Crippen LogP contribution >= 0.6 is 0 Å². The van der Waals surface area contributed by atoms with Gasteiger partial charge in [-0.25, -0.2) is 4.79 Å². The Balaban J connectivity index is 2.73. The minimum absolute atomic E-state index is 0.331. The van der Waals surface area contributed by atoms with Crippen LogP contribution in [0.3, 0.4) is 0 Å². The lowest BCUT2D eigenvalue weighted by Crippen LogP contribution is -2.21. The number of H-pyrrole nitrogens is 3. The quantitative estimate of drug-likeness (QED) is 0.708. The van der Waals surface area contributed by atoms with Gasteiger partial charge in [0.1, 0.15) is 5.65 Å². The molecule has 0 radical (unpaired) electrons. The number of rotatable bonds is 2. The van der Waals surface area contributed by atoms with Gasteiger partial charge in [-0.2, -0.15) is 0 Å². The molecule has 86 valence electrons. The van der Waals surface area contributed by atoms with Gasteiger partial charge in [0.25, 0.3) is 5.56 Å². The Labute approximate surface area is 91.9 Å². The van der Waals surface area contributed by atoms with Crippen LogP contribution in [0.2, 0.25) is 0 Å². The molecule has 0 amide bonds. The Morgan fingerprint density at radius 2 is 1.81 bits per heavy atom. The van der Waals surface area contributed by atoms with Gasteiger partial charge in [-0.15, -0.1) is 0 Å². The summed E-state index contributed by atoms with van der Waals surface area (Å²) in [7, 11) is 0. The Hall–Kier alpha value is -1.78. The average molecular weight is 221 g/mol. The summed E-state index contributed by atoms with van der Waals surface area (Å²) in [5, 5.41) is 0.551. The van der Waals surface area contributed by atoms with E-state index >= 15 is 0 Å². The summed E-state index contributed by atoms with van der Waals surface area (Å²) in [6, 6.07) is 0. The molecule has 0 spiro atoms. The molecular formula is C11H15N3O2. The first-order valence-electron chi connectivity index (χ1n) is 5.32. The molecule has 2 rings (SSSR count). The lowest BCUT2D eigenvalue weighted by molar-refractivity contribution is 0.636. The number of aromatic amines is 3. The van der Waals surface area contributed by atoms with Gasteiger partial charge >= 0.3 is 5.69 Å². The predicted octanol–water partition coefficient (Wildman–Crippen LogP) is 1.05. The first-order valence-corrected chi connectivity index (χ1v) is 5.32. The van der Waals surface area contributed by atoms with Crippen LogP contribution in [0.4, 0.5) is 0 Å². The lowest BCUT2D eigenvalue weighted by Gasteiger charge is -2.02. The highest BCUT2D eigenvalue weighted by molar-refractivity contribution is 5.79. The summed E-state index contributed by atoms with van der Waals surface area (Å²) in [5.74, 6) is 0.498. The van der Waals surface area contributed by atoms with Crippen molar-refractivity contribution >= 4 is 11.0 Å². The third-order valence-corrected chi connectivity index (χ3v) is 2.66. The highest BCUT2D eigenvalue weighted by Crippen LogP contribution is 2.18. The van der Waals surface area contributed by atoms with Crippen molar-refractivity contribution in [1.29, 1.82) is 0 Å². The van der Waals surface area contributed by atoms with Gasteiger partial charge in [0.15, 0.2) is 0 Å². The van der Waals surface area contributed by atoms with Crippen molar-refractivity contribution in [3.63, 3.8) is 0 Å². The maximum Gasteiger partial charge on any atom is 0.327 e. The van der Waals surface area contributed by atoms with Crippen molar-refractivity contribution in [2.75, 3.05) is 0 Å². The molecule has 2 aromatic heterocycles. The SMILES string of the molecule is Cc1c(CC(C)C)[nH]c2[nH]c(=O)[nH]c(=O)c12. The fourth-order valence-electron chi connectivity index (χ4n) is 1.95. The predicted molar refractivity (Wildman–Crippen MR) is 62.8 cm³/mol.